The van der Waals surface area contributed by atoms with Gasteiger partial charge in [0, 0.05) is 37.6 Å². The van der Waals surface area contributed by atoms with Gasteiger partial charge in [0.25, 0.3) is 5.91 Å². The maximum atomic E-state index is 13.8. The molecule has 3 aliphatic carbocycles. The number of urea groups is 1. The molecule has 34 heavy (non-hydrogen) atoms. The minimum Gasteiger partial charge on any atom is -0.508 e. The Hall–Kier alpha value is -2.12. The number of aliphatic hydroxyl groups is 1. The molecule has 3 amide bonds. The lowest BCUT2D eigenvalue weighted by atomic mass is 9.54. The van der Waals surface area contributed by atoms with Crippen molar-refractivity contribution in [1.29, 1.82) is 0 Å². The summed E-state index contributed by atoms with van der Waals surface area (Å²) in [5.74, 6) is 1.18. The Labute approximate surface area is 201 Å². The topological polar surface area (TPSA) is 84.3 Å². The van der Waals surface area contributed by atoms with Crippen LogP contribution in [0.1, 0.15) is 63.5 Å². The molecule has 1 aromatic carbocycles. The lowest BCUT2D eigenvalue weighted by Gasteiger charge is -2.58. The molecule has 6 rings (SSSR count). The number of carbonyl (C=O) groups excluding carboxylic acids is 2. The number of likely N-dealkylation sites (N-methyl/N-ethyl adjacent to an activating group) is 2. The normalized spacial score (nSPS) is 39.5. The first-order valence-corrected chi connectivity index (χ1v) is 13.1. The molecule has 1 unspecified atom stereocenters. The van der Waals surface area contributed by atoms with Crippen LogP contribution in [-0.4, -0.2) is 80.2 Å². The number of rotatable bonds is 5. The number of carbonyl (C=O) groups is 2. The van der Waals surface area contributed by atoms with Crippen molar-refractivity contribution in [3.8, 4) is 5.75 Å². The van der Waals surface area contributed by atoms with Crippen molar-refractivity contribution >= 4 is 11.9 Å². The van der Waals surface area contributed by atoms with Crippen LogP contribution in [-0.2, 0) is 10.2 Å². The van der Waals surface area contributed by atoms with E-state index in [-0.39, 0.29) is 23.7 Å². The molecular formula is C27H37N3O4. The lowest BCUT2D eigenvalue weighted by molar-refractivity contribution is -0.158. The summed E-state index contributed by atoms with van der Waals surface area (Å²) in [4.78, 5) is 32.7. The quantitative estimate of drug-likeness (QED) is 0.651. The molecule has 0 bridgehead atoms. The second-order valence-electron chi connectivity index (χ2n) is 11.6. The van der Waals surface area contributed by atoms with E-state index < -0.39 is 16.6 Å². The minimum atomic E-state index is -0.989. The monoisotopic (exact) mass is 467 g/mol. The summed E-state index contributed by atoms with van der Waals surface area (Å²) < 4.78 is 0. The molecule has 2 N–H and O–H groups in total. The molecular weight excluding hydrogens is 430 g/mol. The Morgan fingerprint density at radius 2 is 1.88 bits per heavy atom. The second kappa shape index (κ2) is 7.20. The van der Waals surface area contributed by atoms with Crippen LogP contribution in [0.4, 0.5) is 4.79 Å². The van der Waals surface area contributed by atoms with E-state index in [1.165, 1.54) is 17.7 Å². The zero-order chi connectivity index (χ0) is 24.0. The SMILES string of the molecule is CCN1C(=O)N(CC)[C@]2(CC[C@@]3(O)[C@H]4C(CN4CC4CC4)C[C@]3(c3cc(O)ccc3C)C2)C1=O. The van der Waals surface area contributed by atoms with E-state index in [4.69, 9.17) is 0 Å². The predicted molar refractivity (Wildman–Crippen MR) is 127 cm³/mol. The van der Waals surface area contributed by atoms with Crippen LogP contribution in [0.5, 0.6) is 5.75 Å². The predicted octanol–water partition coefficient (Wildman–Crippen LogP) is 3.01. The van der Waals surface area contributed by atoms with E-state index in [1.807, 2.05) is 32.9 Å². The molecule has 3 saturated carbocycles. The Kier molecular flexibility index (Phi) is 4.73. The fourth-order valence-electron chi connectivity index (χ4n) is 8.34. The average Bonchev–Trinajstić information content (AvgIpc) is 3.55. The molecule has 2 heterocycles. The fraction of sp³-hybridized carbons (Fsp3) is 0.704. The van der Waals surface area contributed by atoms with Crippen molar-refractivity contribution in [2.75, 3.05) is 26.2 Å². The largest absolute Gasteiger partial charge is 0.508 e. The van der Waals surface area contributed by atoms with Gasteiger partial charge in [0.1, 0.15) is 11.3 Å². The van der Waals surface area contributed by atoms with Crippen molar-refractivity contribution in [1.82, 2.24) is 14.7 Å². The maximum absolute atomic E-state index is 13.8. The molecule has 5 atom stereocenters. The van der Waals surface area contributed by atoms with Crippen LogP contribution in [0, 0.1) is 18.8 Å². The number of hydrogen-bond acceptors (Lipinski definition) is 5. The van der Waals surface area contributed by atoms with Gasteiger partial charge in [-0.1, -0.05) is 6.07 Å². The molecule has 1 spiro atoms. The average molecular weight is 468 g/mol. The molecule has 2 aliphatic heterocycles. The van der Waals surface area contributed by atoms with Crippen LogP contribution in [0.3, 0.4) is 0 Å². The molecule has 2 saturated heterocycles. The van der Waals surface area contributed by atoms with Gasteiger partial charge in [-0.15, -0.1) is 0 Å². The summed E-state index contributed by atoms with van der Waals surface area (Å²) in [6.07, 6.45) is 4.73. The zero-order valence-electron chi connectivity index (χ0n) is 20.6. The van der Waals surface area contributed by atoms with Crippen LogP contribution in [0.25, 0.3) is 0 Å². The van der Waals surface area contributed by atoms with E-state index in [9.17, 15) is 19.8 Å². The number of fused-ring (bicyclic) bond motifs is 3. The molecule has 5 aliphatic rings. The first kappa shape index (κ1) is 22.4. The summed E-state index contributed by atoms with van der Waals surface area (Å²) in [5, 5.41) is 23.1. The molecule has 5 fully saturated rings. The standard InChI is InChI=1S/C27H37N3O4/c1-4-29-23(32)26(30(5-2)24(29)33)10-11-27(34)22-19(15-28(22)14-18-7-8-18)13-25(27,16-26)21-12-20(31)9-6-17(21)3/h6,9,12,18-19,22,31,34H,4-5,7-8,10-11,13-16H2,1-3H3/t19?,22-,25-,26+,27-/m1/s1. The second-order valence-corrected chi connectivity index (χ2v) is 11.6. The highest BCUT2D eigenvalue weighted by Gasteiger charge is 2.75. The number of phenols is 1. The maximum Gasteiger partial charge on any atom is 0.327 e. The lowest BCUT2D eigenvalue weighted by Crippen LogP contribution is -2.70. The smallest absolute Gasteiger partial charge is 0.327 e. The zero-order valence-corrected chi connectivity index (χ0v) is 20.6. The van der Waals surface area contributed by atoms with Crippen LogP contribution >= 0.6 is 0 Å². The number of nitrogens with zero attached hydrogens (tertiary/aromatic N) is 3. The van der Waals surface area contributed by atoms with Crippen molar-refractivity contribution in [2.45, 2.75) is 81.9 Å². The van der Waals surface area contributed by atoms with Gasteiger partial charge < -0.3 is 15.1 Å². The Morgan fingerprint density at radius 1 is 1.12 bits per heavy atom. The summed E-state index contributed by atoms with van der Waals surface area (Å²) >= 11 is 0. The van der Waals surface area contributed by atoms with Crippen molar-refractivity contribution in [2.24, 2.45) is 11.8 Å². The third-order valence-electron chi connectivity index (χ3n) is 9.93. The summed E-state index contributed by atoms with van der Waals surface area (Å²) in [7, 11) is 0. The van der Waals surface area contributed by atoms with Crippen LogP contribution < -0.4 is 0 Å². The third kappa shape index (κ3) is 2.66. The highest BCUT2D eigenvalue weighted by molar-refractivity contribution is 6.07. The number of aromatic hydroxyl groups is 1. The van der Waals surface area contributed by atoms with Crippen molar-refractivity contribution in [3.05, 3.63) is 29.3 Å². The van der Waals surface area contributed by atoms with Gasteiger partial charge in [-0.2, -0.15) is 0 Å². The van der Waals surface area contributed by atoms with Crippen molar-refractivity contribution in [3.63, 3.8) is 0 Å². The number of benzene rings is 1. The van der Waals surface area contributed by atoms with E-state index >= 15 is 0 Å². The number of amides is 3. The number of phenolic OH excluding ortho intramolecular Hbond substituents is 1. The number of imide groups is 1. The Bertz CT molecular complexity index is 1060. The summed E-state index contributed by atoms with van der Waals surface area (Å²) in [5.41, 5.74) is -0.639. The molecule has 1 aromatic rings. The van der Waals surface area contributed by atoms with Gasteiger partial charge in [-0.25, -0.2) is 4.79 Å². The first-order valence-electron chi connectivity index (χ1n) is 13.1. The highest BCUT2D eigenvalue weighted by Crippen LogP contribution is 2.66. The first-order chi connectivity index (χ1) is 16.2. The molecule has 0 aromatic heterocycles. The molecule has 184 valence electrons. The summed E-state index contributed by atoms with van der Waals surface area (Å²) in [6, 6.07) is 5.29. The number of hydrogen-bond donors (Lipinski definition) is 2. The van der Waals surface area contributed by atoms with E-state index in [2.05, 4.69) is 4.90 Å². The highest BCUT2D eigenvalue weighted by atomic mass is 16.3. The van der Waals surface area contributed by atoms with E-state index in [0.717, 1.165) is 36.6 Å². The van der Waals surface area contributed by atoms with Gasteiger partial charge in [0.05, 0.1) is 5.60 Å². The van der Waals surface area contributed by atoms with Gasteiger partial charge >= 0.3 is 6.03 Å². The number of aryl methyl sites for hydroxylation is 1. The van der Waals surface area contributed by atoms with E-state index in [0.29, 0.717) is 38.3 Å². The van der Waals surface area contributed by atoms with Gasteiger partial charge in [-0.3, -0.25) is 14.6 Å². The number of likely N-dealkylation sites (tertiary alicyclic amines) is 1. The van der Waals surface area contributed by atoms with Gasteiger partial charge in [0.15, 0.2) is 0 Å². The molecule has 0 radical (unpaired) electrons. The van der Waals surface area contributed by atoms with Gasteiger partial charge in [0.2, 0.25) is 0 Å². The Morgan fingerprint density at radius 3 is 2.56 bits per heavy atom. The van der Waals surface area contributed by atoms with E-state index in [1.54, 1.807) is 11.0 Å². The van der Waals surface area contributed by atoms with Gasteiger partial charge in [-0.05, 0) is 94.4 Å². The van der Waals surface area contributed by atoms with Crippen LogP contribution in [0.2, 0.25) is 0 Å². The fourth-order valence-corrected chi connectivity index (χ4v) is 8.34. The van der Waals surface area contributed by atoms with Crippen molar-refractivity contribution < 1.29 is 19.8 Å². The Balaban J connectivity index is 1.49. The molecule has 7 nitrogen and oxygen atoms in total. The minimum absolute atomic E-state index is 0.0803. The third-order valence-corrected chi connectivity index (χ3v) is 9.93. The van der Waals surface area contributed by atoms with Crippen LogP contribution in [0.15, 0.2) is 18.2 Å². The summed E-state index contributed by atoms with van der Waals surface area (Å²) in [6.45, 7) is 8.68. The molecule has 7 heteroatoms.